The minimum absolute atomic E-state index is 0.252. The van der Waals surface area contributed by atoms with Crippen molar-refractivity contribution >= 4 is 11.9 Å². The Morgan fingerprint density at radius 1 is 1.50 bits per heavy atom. The summed E-state index contributed by atoms with van der Waals surface area (Å²) >= 11 is 0. The first-order valence-corrected chi connectivity index (χ1v) is 7.07. The highest BCUT2D eigenvalue weighted by Gasteiger charge is 2.48. The minimum Gasteiger partial charge on any atom is -0.480 e. The van der Waals surface area contributed by atoms with Gasteiger partial charge in [0, 0.05) is 18.9 Å². The van der Waals surface area contributed by atoms with E-state index in [4.69, 9.17) is 10.5 Å². The van der Waals surface area contributed by atoms with Gasteiger partial charge in [0.1, 0.15) is 11.6 Å². The zero-order chi connectivity index (χ0) is 16.5. The molecule has 1 saturated heterocycles. The van der Waals surface area contributed by atoms with Crippen LogP contribution >= 0.6 is 0 Å². The number of aliphatic carboxylic acids is 1. The molecular weight excluding hydrogens is 286 g/mol. The topological polar surface area (TPSA) is 106 Å². The molecule has 0 bridgehead atoms. The summed E-state index contributed by atoms with van der Waals surface area (Å²) < 4.78 is 5.30. The molecule has 0 aliphatic carbocycles. The maximum absolute atomic E-state index is 12.0. The van der Waals surface area contributed by atoms with Crippen LogP contribution in [0.15, 0.2) is 24.5 Å². The second-order valence-corrected chi connectivity index (χ2v) is 6.35. The van der Waals surface area contributed by atoms with E-state index in [9.17, 15) is 14.7 Å². The lowest BCUT2D eigenvalue weighted by Crippen LogP contribution is -2.66. The Balaban J connectivity index is 2.09. The summed E-state index contributed by atoms with van der Waals surface area (Å²) in [6, 6.07) is 2.43. The number of carbonyl (C=O) groups excluding carboxylic acids is 1. The lowest BCUT2D eigenvalue weighted by atomic mass is 9.91. The van der Waals surface area contributed by atoms with Crippen molar-refractivity contribution in [3.05, 3.63) is 30.1 Å². The number of pyridine rings is 1. The standard InChI is InChI=1S/C15H21N3O4/c1-15(2,3)22-14(21)10-8-18(12(10)16)11(13(19)20)9-5-4-6-17-7-9/h4-7,10-12H,8,16H2,1-3H3,(H,19,20)/t10-,11-,12-/m1/s1. The zero-order valence-corrected chi connectivity index (χ0v) is 12.9. The van der Waals surface area contributed by atoms with Crippen molar-refractivity contribution in [2.75, 3.05) is 6.54 Å². The number of carbonyl (C=O) groups is 2. The normalized spacial score (nSPS) is 23.5. The number of ether oxygens (including phenoxy) is 1. The van der Waals surface area contributed by atoms with Gasteiger partial charge in [-0.2, -0.15) is 0 Å². The number of esters is 1. The molecule has 120 valence electrons. The largest absolute Gasteiger partial charge is 0.480 e. The summed E-state index contributed by atoms with van der Waals surface area (Å²) in [5.41, 5.74) is 5.95. The van der Waals surface area contributed by atoms with Crippen LogP contribution in [0.5, 0.6) is 0 Å². The molecule has 0 unspecified atom stereocenters. The minimum atomic E-state index is -1.02. The molecule has 1 aromatic rings. The lowest BCUT2D eigenvalue weighted by molar-refractivity contribution is -0.176. The van der Waals surface area contributed by atoms with E-state index in [1.807, 2.05) is 0 Å². The maximum atomic E-state index is 12.0. The van der Waals surface area contributed by atoms with E-state index in [2.05, 4.69) is 4.98 Å². The summed E-state index contributed by atoms with van der Waals surface area (Å²) in [7, 11) is 0. The fourth-order valence-corrected chi connectivity index (χ4v) is 2.43. The number of nitrogens with zero attached hydrogens (tertiary/aromatic N) is 2. The Kier molecular flexibility index (Phi) is 4.48. The number of nitrogens with two attached hydrogens (primary N) is 1. The molecule has 0 spiro atoms. The number of aromatic nitrogens is 1. The van der Waals surface area contributed by atoms with Crippen LogP contribution in [-0.2, 0) is 14.3 Å². The van der Waals surface area contributed by atoms with Crippen molar-refractivity contribution in [1.82, 2.24) is 9.88 Å². The maximum Gasteiger partial charge on any atom is 0.325 e. The van der Waals surface area contributed by atoms with Crippen LogP contribution in [0.3, 0.4) is 0 Å². The second-order valence-electron chi connectivity index (χ2n) is 6.35. The average molecular weight is 307 g/mol. The van der Waals surface area contributed by atoms with Gasteiger partial charge in [-0.25, -0.2) is 0 Å². The Bertz CT molecular complexity index is 556. The molecule has 3 N–H and O–H groups in total. The van der Waals surface area contributed by atoms with Crippen LogP contribution in [0.4, 0.5) is 0 Å². The average Bonchev–Trinajstić information content (AvgIpc) is 2.40. The molecule has 3 atom stereocenters. The van der Waals surface area contributed by atoms with Crippen molar-refractivity contribution in [1.29, 1.82) is 0 Å². The van der Waals surface area contributed by atoms with Gasteiger partial charge < -0.3 is 15.6 Å². The third-order valence-corrected chi connectivity index (χ3v) is 3.48. The number of hydrogen-bond donors (Lipinski definition) is 2. The summed E-state index contributed by atoms with van der Waals surface area (Å²) in [4.78, 5) is 29.1. The molecule has 1 fully saturated rings. The van der Waals surface area contributed by atoms with E-state index in [1.54, 1.807) is 44.0 Å². The van der Waals surface area contributed by atoms with Crippen molar-refractivity contribution in [3.8, 4) is 0 Å². The first-order valence-electron chi connectivity index (χ1n) is 7.07. The van der Waals surface area contributed by atoms with Crippen LogP contribution in [0.2, 0.25) is 0 Å². The van der Waals surface area contributed by atoms with E-state index >= 15 is 0 Å². The first-order chi connectivity index (χ1) is 10.2. The molecule has 1 aliphatic heterocycles. The molecule has 0 amide bonds. The van der Waals surface area contributed by atoms with Gasteiger partial charge in [-0.1, -0.05) is 6.07 Å². The molecule has 0 saturated carbocycles. The third kappa shape index (κ3) is 3.42. The molecular formula is C15H21N3O4. The summed E-state index contributed by atoms with van der Waals surface area (Å²) in [6.45, 7) is 5.59. The van der Waals surface area contributed by atoms with Gasteiger partial charge in [0.25, 0.3) is 0 Å². The Morgan fingerprint density at radius 3 is 2.64 bits per heavy atom. The van der Waals surface area contributed by atoms with E-state index in [0.717, 1.165) is 0 Å². The third-order valence-electron chi connectivity index (χ3n) is 3.48. The quantitative estimate of drug-likeness (QED) is 0.791. The molecule has 22 heavy (non-hydrogen) atoms. The van der Waals surface area contributed by atoms with Gasteiger partial charge in [0.05, 0.1) is 12.1 Å². The monoisotopic (exact) mass is 307 g/mol. The molecule has 2 heterocycles. The van der Waals surface area contributed by atoms with Gasteiger partial charge in [-0.05, 0) is 32.4 Å². The zero-order valence-electron chi connectivity index (χ0n) is 12.9. The molecule has 7 nitrogen and oxygen atoms in total. The number of hydrogen-bond acceptors (Lipinski definition) is 6. The smallest absolute Gasteiger partial charge is 0.325 e. The van der Waals surface area contributed by atoms with Crippen LogP contribution in [0, 0.1) is 5.92 Å². The van der Waals surface area contributed by atoms with Crippen molar-refractivity contribution in [3.63, 3.8) is 0 Å². The van der Waals surface area contributed by atoms with Gasteiger partial charge in [0.15, 0.2) is 0 Å². The van der Waals surface area contributed by atoms with Crippen molar-refractivity contribution < 1.29 is 19.4 Å². The molecule has 1 aliphatic rings. The molecule has 2 rings (SSSR count). The number of carboxylic acid groups (broad SMARTS) is 1. The summed E-state index contributed by atoms with van der Waals surface area (Å²) in [6.07, 6.45) is 2.38. The van der Waals surface area contributed by atoms with E-state index < -0.39 is 35.7 Å². The Morgan fingerprint density at radius 2 is 2.18 bits per heavy atom. The highest BCUT2D eigenvalue weighted by molar-refractivity contribution is 5.78. The van der Waals surface area contributed by atoms with Gasteiger partial charge in [-0.3, -0.25) is 19.5 Å². The number of likely N-dealkylation sites (tertiary alicyclic amines) is 1. The van der Waals surface area contributed by atoms with Crippen LogP contribution in [0.1, 0.15) is 32.4 Å². The predicted octanol–water partition coefficient (Wildman–Crippen LogP) is 0.766. The summed E-state index contributed by atoms with van der Waals surface area (Å²) in [5.74, 6) is -1.93. The predicted molar refractivity (Wildman–Crippen MR) is 78.6 cm³/mol. The fraction of sp³-hybridized carbons (Fsp3) is 0.533. The van der Waals surface area contributed by atoms with Gasteiger partial charge >= 0.3 is 11.9 Å². The van der Waals surface area contributed by atoms with Crippen LogP contribution < -0.4 is 5.73 Å². The van der Waals surface area contributed by atoms with Crippen molar-refractivity contribution in [2.24, 2.45) is 11.7 Å². The number of carboxylic acids is 1. The Hall–Kier alpha value is -1.99. The van der Waals surface area contributed by atoms with Gasteiger partial charge in [-0.15, -0.1) is 0 Å². The first kappa shape index (κ1) is 16.4. The molecule has 0 radical (unpaired) electrons. The van der Waals surface area contributed by atoms with E-state index in [-0.39, 0.29) is 6.54 Å². The van der Waals surface area contributed by atoms with Crippen LogP contribution in [0.25, 0.3) is 0 Å². The van der Waals surface area contributed by atoms with E-state index in [0.29, 0.717) is 5.56 Å². The molecule has 1 aromatic heterocycles. The molecule has 0 aromatic carbocycles. The SMILES string of the molecule is CC(C)(C)OC(=O)[C@@H]1CN([C@@H](C(=O)O)c2cccnc2)[C@H]1N. The number of rotatable bonds is 4. The summed E-state index contributed by atoms with van der Waals surface area (Å²) in [5, 5.41) is 9.45. The lowest BCUT2D eigenvalue weighted by Gasteiger charge is -2.47. The highest BCUT2D eigenvalue weighted by atomic mass is 16.6. The van der Waals surface area contributed by atoms with Crippen LogP contribution in [-0.4, -0.2) is 45.2 Å². The van der Waals surface area contributed by atoms with Gasteiger partial charge in [0.2, 0.25) is 0 Å². The highest BCUT2D eigenvalue weighted by Crippen LogP contribution is 2.33. The second kappa shape index (κ2) is 6.02. The van der Waals surface area contributed by atoms with Crippen molar-refractivity contribution in [2.45, 2.75) is 38.6 Å². The molecule has 7 heteroatoms. The van der Waals surface area contributed by atoms with E-state index in [1.165, 1.54) is 6.20 Å². The Labute approximate surface area is 129 Å². The fourth-order valence-electron chi connectivity index (χ4n) is 2.43.